The van der Waals surface area contributed by atoms with Crippen molar-refractivity contribution in [2.75, 3.05) is 13.2 Å². The summed E-state index contributed by atoms with van der Waals surface area (Å²) < 4.78 is 52.8. The predicted octanol–water partition coefficient (Wildman–Crippen LogP) is 2.35. The smallest absolute Gasteiger partial charge is 0.377 e. The lowest BCUT2D eigenvalue weighted by Gasteiger charge is -2.59. The van der Waals surface area contributed by atoms with Gasteiger partial charge in [0.05, 0.1) is 12.0 Å². The maximum Gasteiger partial charge on any atom is 0.377 e. The van der Waals surface area contributed by atoms with Crippen molar-refractivity contribution in [2.24, 2.45) is 29.6 Å². The van der Waals surface area contributed by atoms with Gasteiger partial charge in [-0.25, -0.2) is 19.2 Å². The summed E-state index contributed by atoms with van der Waals surface area (Å²) in [5, 5.41) is 10.8. The SMILES string of the molecule is CC(F)(F)C(=O)OC(CC(=O)OCC(=O)OC12CC3CC(CC(O)(C3)C1)C2)C(=O)OCC(=O)OC12CC3CC(C1)C(=O)C(C3)C2. The van der Waals surface area contributed by atoms with Gasteiger partial charge in [-0.05, 0) is 82.0 Å². The van der Waals surface area contributed by atoms with Gasteiger partial charge in [-0.2, -0.15) is 8.78 Å². The summed E-state index contributed by atoms with van der Waals surface area (Å²) in [6, 6.07) is 0. The topological polar surface area (TPSA) is 169 Å². The van der Waals surface area contributed by atoms with Gasteiger partial charge < -0.3 is 28.8 Å². The molecule has 0 saturated heterocycles. The Morgan fingerprint density at radius 2 is 1.36 bits per heavy atom. The maximum atomic E-state index is 13.5. The van der Waals surface area contributed by atoms with Gasteiger partial charge in [0.2, 0.25) is 6.10 Å². The van der Waals surface area contributed by atoms with Crippen molar-refractivity contribution in [3.8, 4) is 0 Å². The Kier molecular flexibility index (Phi) is 7.97. The van der Waals surface area contributed by atoms with E-state index in [1.807, 2.05) is 0 Å². The fourth-order valence-corrected chi connectivity index (χ4v) is 9.57. The number of carbonyl (C=O) groups is 6. The van der Waals surface area contributed by atoms with Crippen molar-refractivity contribution in [3.63, 3.8) is 0 Å². The summed E-state index contributed by atoms with van der Waals surface area (Å²) in [5.41, 5.74) is -2.58. The highest BCUT2D eigenvalue weighted by atomic mass is 19.3. The van der Waals surface area contributed by atoms with Gasteiger partial charge in [0.25, 0.3) is 0 Å². The summed E-state index contributed by atoms with van der Waals surface area (Å²) in [4.78, 5) is 74.7. The van der Waals surface area contributed by atoms with Gasteiger partial charge in [0.1, 0.15) is 17.0 Å². The highest BCUT2D eigenvalue weighted by Crippen LogP contribution is 2.59. The Balaban J connectivity index is 1.00. The third-order valence-electron chi connectivity index (χ3n) is 10.5. The normalized spacial score (nSPS) is 38.0. The molecule has 248 valence electrons. The molecule has 8 aliphatic carbocycles. The monoisotopic (exact) mass is 640 g/mol. The average molecular weight is 641 g/mol. The third-order valence-corrected chi connectivity index (χ3v) is 10.5. The number of esters is 5. The van der Waals surface area contributed by atoms with Crippen LogP contribution in [0.5, 0.6) is 0 Å². The fourth-order valence-electron chi connectivity index (χ4n) is 9.57. The molecule has 0 spiro atoms. The van der Waals surface area contributed by atoms with Gasteiger partial charge in [0, 0.05) is 25.2 Å². The molecule has 14 heteroatoms. The second kappa shape index (κ2) is 11.3. The second-order valence-corrected chi connectivity index (χ2v) is 14.5. The van der Waals surface area contributed by atoms with Crippen molar-refractivity contribution in [1.82, 2.24) is 0 Å². The van der Waals surface area contributed by atoms with Crippen molar-refractivity contribution in [3.05, 3.63) is 0 Å². The molecule has 0 aromatic carbocycles. The summed E-state index contributed by atoms with van der Waals surface area (Å²) in [6.07, 6.45) is 3.40. The van der Waals surface area contributed by atoms with E-state index >= 15 is 0 Å². The molecule has 0 heterocycles. The Hall–Kier alpha value is -3.16. The largest absolute Gasteiger partial charge is 0.456 e. The van der Waals surface area contributed by atoms with Crippen LogP contribution in [0, 0.1) is 29.6 Å². The minimum Gasteiger partial charge on any atom is -0.456 e. The first kappa shape index (κ1) is 31.8. The van der Waals surface area contributed by atoms with Crippen LogP contribution in [0.3, 0.4) is 0 Å². The standard InChI is InChI=1S/C31H38F2O12/c1-28(32,33)27(39)43-21(26(38)42-14-24(36)44-30-8-16-3-19(11-30)25(37)20(4-16)12-30)5-22(34)41-13-23(35)45-31-9-17-2-18(10-31)7-29(40,6-17)15-31/h16-21,40H,2-15H2,1H3. The van der Waals surface area contributed by atoms with Gasteiger partial charge in [0.15, 0.2) is 13.2 Å². The minimum atomic E-state index is -4.01. The lowest BCUT2D eigenvalue weighted by atomic mass is 9.52. The molecule has 8 rings (SSSR count). The molecule has 8 fully saturated rings. The van der Waals surface area contributed by atoms with E-state index in [1.54, 1.807) is 0 Å². The number of alkyl halides is 2. The lowest BCUT2D eigenvalue weighted by Crippen LogP contribution is -2.60. The first-order chi connectivity index (χ1) is 21.0. The van der Waals surface area contributed by atoms with E-state index in [1.165, 1.54) is 0 Å². The van der Waals surface area contributed by atoms with E-state index in [-0.39, 0.29) is 42.3 Å². The van der Waals surface area contributed by atoms with E-state index in [0.717, 1.165) is 19.3 Å². The van der Waals surface area contributed by atoms with Crippen LogP contribution in [0.25, 0.3) is 0 Å². The molecule has 5 unspecified atom stereocenters. The number of halogens is 2. The van der Waals surface area contributed by atoms with E-state index < -0.39 is 78.3 Å². The molecule has 8 bridgehead atoms. The number of aliphatic hydroxyl groups is 1. The third kappa shape index (κ3) is 6.71. The van der Waals surface area contributed by atoms with Crippen LogP contribution in [0.1, 0.15) is 84.0 Å². The highest BCUT2D eigenvalue weighted by molar-refractivity contribution is 5.88. The zero-order valence-corrected chi connectivity index (χ0v) is 25.1. The molecular weight excluding hydrogens is 602 g/mol. The molecular formula is C31H38F2O12. The van der Waals surface area contributed by atoms with Gasteiger partial charge >= 0.3 is 35.8 Å². The number of hydrogen-bond acceptors (Lipinski definition) is 12. The summed E-state index contributed by atoms with van der Waals surface area (Å²) in [7, 11) is 0. The molecule has 0 amide bonds. The average Bonchev–Trinajstić information content (AvgIpc) is 2.90. The van der Waals surface area contributed by atoms with E-state index in [9.17, 15) is 42.7 Å². The van der Waals surface area contributed by atoms with Crippen LogP contribution in [-0.4, -0.2) is 82.8 Å². The summed E-state index contributed by atoms with van der Waals surface area (Å²) >= 11 is 0. The van der Waals surface area contributed by atoms with Crippen LogP contribution in [0.2, 0.25) is 0 Å². The molecule has 12 nitrogen and oxygen atoms in total. The highest BCUT2D eigenvalue weighted by Gasteiger charge is 2.59. The van der Waals surface area contributed by atoms with Gasteiger partial charge in [-0.3, -0.25) is 9.59 Å². The number of hydrogen-bond donors (Lipinski definition) is 1. The van der Waals surface area contributed by atoms with Gasteiger partial charge in [-0.15, -0.1) is 0 Å². The molecule has 8 saturated carbocycles. The first-order valence-electron chi connectivity index (χ1n) is 15.6. The number of carbonyl (C=O) groups excluding carboxylic acids is 6. The zero-order chi connectivity index (χ0) is 32.4. The molecule has 45 heavy (non-hydrogen) atoms. The van der Waals surface area contributed by atoms with E-state index in [2.05, 4.69) is 4.74 Å². The quantitative estimate of drug-likeness (QED) is 0.259. The fraction of sp³-hybridized carbons (Fsp3) is 0.806. The Labute approximate surface area is 257 Å². The number of Topliss-reactive ketones (excluding diaryl/α,β-unsaturated/α-hetero) is 1. The molecule has 5 atom stereocenters. The van der Waals surface area contributed by atoms with Crippen molar-refractivity contribution < 1.29 is 66.3 Å². The number of rotatable bonds is 11. The van der Waals surface area contributed by atoms with Crippen molar-refractivity contribution in [1.29, 1.82) is 0 Å². The second-order valence-electron chi connectivity index (χ2n) is 14.5. The Bertz CT molecular complexity index is 1260. The minimum absolute atomic E-state index is 0.173. The molecule has 1 N–H and O–H groups in total. The van der Waals surface area contributed by atoms with Crippen molar-refractivity contribution >= 4 is 35.6 Å². The van der Waals surface area contributed by atoms with Crippen molar-refractivity contribution in [2.45, 2.75) is 113 Å². The van der Waals surface area contributed by atoms with Crippen LogP contribution in [0.15, 0.2) is 0 Å². The van der Waals surface area contributed by atoms with Crippen LogP contribution in [-0.2, 0) is 52.5 Å². The van der Waals surface area contributed by atoms with Crippen LogP contribution < -0.4 is 0 Å². The van der Waals surface area contributed by atoms with Crippen LogP contribution >= 0.6 is 0 Å². The molecule has 0 radical (unpaired) electrons. The molecule has 8 aliphatic rings. The Morgan fingerprint density at radius 1 is 0.800 bits per heavy atom. The lowest BCUT2D eigenvalue weighted by molar-refractivity contribution is -0.222. The summed E-state index contributed by atoms with van der Waals surface area (Å²) in [5.74, 6) is -10.1. The predicted molar refractivity (Wildman–Crippen MR) is 143 cm³/mol. The molecule has 0 aromatic heterocycles. The molecule has 0 aromatic rings. The van der Waals surface area contributed by atoms with E-state index in [0.29, 0.717) is 51.4 Å². The Morgan fingerprint density at radius 3 is 1.93 bits per heavy atom. The van der Waals surface area contributed by atoms with Gasteiger partial charge in [-0.1, -0.05) is 0 Å². The van der Waals surface area contributed by atoms with E-state index in [4.69, 9.17) is 18.9 Å². The number of ketones is 1. The number of ether oxygens (including phenoxy) is 5. The first-order valence-corrected chi connectivity index (χ1v) is 15.6. The maximum absolute atomic E-state index is 13.5. The summed E-state index contributed by atoms with van der Waals surface area (Å²) in [6.45, 7) is -1.56. The zero-order valence-electron chi connectivity index (χ0n) is 25.1. The van der Waals surface area contributed by atoms with Crippen LogP contribution in [0.4, 0.5) is 8.78 Å². The molecule has 0 aliphatic heterocycles.